The molecule has 10 heavy (non-hydrogen) atoms. The van der Waals surface area contributed by atoms with Crippen LogP contribution in [0, 0.1) is 0 Å². The summed E-state index contributed by atoms with van der Waals surface area (Å²) >= 11 is 0. The van der Waals surface area contributed by atoms with Gasteiger partial charge >= 0.3 is 0 Å². The molecule has 1 aromatic rings. The molecule has 0 aliphatic heterocycles. The van der Waals surface area contributed by atoms with Crippen molar-refractivity contribution in [3.63, 3.8) is 0 Å². The lowest BCUT2D eigenvalue weighted by atomic mass is 10.2. The molecule has 3 nitrogen and oxygen atoms in total. The second kappa shape index (κ2) is 1.94. The van der Waals surface area contributed by atoms with Crippen LogP contribution >= 0.6 is 0 Å². The Balaban J connectivity index is 2.53. The van der Waals surface area contributed by atoms with Crippen molar-refractivity contribution in [2.45, 2.75) is 19.3 Å². The third-order valence-electron chi connectivity index (χ3n) is 1.84. The van der Waals surface area contributed by atoms with Crippen molar-refractivity contribution in [1.29, 1.82) is 0 Å². The molecular formula is C7H7NO2. The molecule has 0 saturated heterocycles. The Kier molecular flexibility index (Phi) is 1.09. The quantitative estimate of drug-likeness (QED) is 0.542. The van der Waals surface area contributed by atoms with E-state index in [4.69, 9.17) is 4.52 Å². The van der Waals surface area contributed by atoms with Crippen molar-refractivity contribution < 1.29 is 9.32 Å². The first-order valence-electron chi connectivity index (χ1n) is 3.34. The number of nitrogens with zero attached hydrogens (tertiary/aromatic N) is 1. The molecule has 1 aliphatic rings. The number of carbonyl (C=O) groups is 1. The fraction of sp³-hybridized carbons (Fsp3) is 0.429. The van der Waals surface area contributed by atoms with Crippen LogP contribution in [0.15, 0.2) is 4.52 Å². The fourth-order valence-electron chi connectivity index (χ4n) is 1.34. The van der Waals surface area contributed by atoms with Crippen LogP contribution in [0.1, 0.15) is 28.2 Å². The standard InChI is InChI=1S/C7H7NO2/c9-4-6-5-2-1-3-7(5)10-8-6/h4H,1-3H2. The number of carbonyl (C=O) groups excluding carboxylic acids is 1. The van der Waals surface area contributed by atoms with Crippen LogP contribution in [0.25, 0.3) is 0 Å². The van der Waals surface area contributed by atoms with Crippen LogP contribution < -0.4 is 0 Å². The van der Waals surface area contributed by atoms with E-state index in [0.717, 1.165) is 36.9 Å². The number of hydrogen-bond donors (Lipinski definition) is 0. The molecule has 3 heteroatoms. The van der Waals surface area contributed by atoms with Crippen molar-refractivity contribution >= 4 is 6.29 Å². The minimum atomic E-state index is 0.493. The van der Waals surface area contributed by atoms with Crippen LogP contribution in [-0.2, 0) is 12.8 Å². The third kappa shape index (κ3) is 0.602. The van der Waals surface area contributed by atoms with E-state index in [9.17, 15) is 4.79 Å². The number of rotatable bonds is 1. The Hall–Kier alpha value is -1.12. The average Bonchev–Trinajstić information content (AvgIpc) is 2.44. The topological polar surface area (TPSA) is 43.1 Å². The molecule has 0 fully saturated rings. The second-order valence-electron chi connectivity index (χ2n) is 2.44. The van der Waals surface area contributed by atoms with Crippen molar-refractivity contribution in [3.05, 3.63) is 17.0 Å². The number of aldehydes is 1. The Bertz CT molecular complexity index is 265. The Morgan fingerprint density at radius 2 is 2.40 bits per heavy atom. The molecule has 0 bridgehead atoms. The van der Waals surface area contributed by atoms with Gasteiger partial charge in [-0.05, 0) is 12.8 Å². The van der Waals surface area contributed by atoms with Gasteiger partial charge in [-0.2, -0.15) is 0 Å². The lowest BCUT2D eigenvalue weighted by Gasteiger charge is -1.81. The van der Waals surface area contributed by atoms with E-state index in [1.807, 2.05) is 0 Å². The van der Waals surface area contributed by atoms with Crippen LogP contribution in [0.4, 0.5) is 0 Å². The Labute approximate surface area is 58.0 Å². The summed E-state index contributed by atoms with van der Waals surface area (Å²) in [7, 11) is 0. The molecule has 52 valence electrons. The molecule has 1 aliphatic carbocycles. The predicted molar refractivity (Wildman–Crippen MR) is 33.9 cm³/mol. The fourth-order valence-corrected chi connectivity index (χ4v) is 1.34. The van der Waals surface area contributed by atoms with Gasteiger partial charge in [-0.15, -0.1) is 0 Å². The van der Waals surface area contributed by atoms with Crippen molar-refractivity contribution in [1.82, 2.24) is 5.16 Å². The predicted octanol–water partition coefficient (Wildman–Crippen LogP) is 0.976. The van der Waals surface area contributed by atoms with Crippen molar-refractivity contribution in [2.75, 3.05) is 0 Å². The molecule has 0 radical (unpaired) electrons. The maximum atomic E-state index is 10.3. The molecular weight excluding hydrogens is 130 g/mol. The largest absolute Gasteiger partial charge is 0.360 e. The Morgan fingerprint density at radius 3 is 3.20 bits per heavy atom. The van der Waals surface area contributed by atoms with Crippen molar-refractivity contribution in [2.24, 2.45) is 0 Å². The molecule has 1 heterocycles. The van der Waals surface area contributed by atoms with Gasteiger partial charge in [-0.25, -0.2) is 0 Å². The van der Waals surface area contributed by atoms with Gasteiger partial charge in [0.05, 0.1) is 0 Å². The SMILES string of the molecule is O=Cc1noc2c1CCC2. The first kappa shape index (κ1) is 5.65. The number of aryl methyl sites for hydroxylation is 1. The molecule has 0 unspecified atom stereocenters. The molecule has 1 aromatic heterocycles. The number of aromatic nitrogens is 1. The molecule has 2 rings (SSSR count). The zero-order valence-corrected chi connectivity index (χ0v) is 5.46. The van der Waals surface area contributed by atoms with Gasteiger partial charge in [-0.1, -0.05) is 5.16 Å². The van der Waals surface area contributed by atoms with E-state index in [1.54, 1.807) is 0 Å². The summed E-state index contributed by atoms with van der Waals surface area (Å²) in [6.45, 7) is 0. The molecule has 0 atom stereocenters. The minimum absolute atomic E-state index is 0.493. The first-order valence-corrected chi connectivity index (χ1v) is 3.34. The molecule has 0 spiro atoms. The van der Waals surface area contributed by atoms with Crippen LogP contribution in [0.3, 0.4) is 0 Å². The highest BCUT2D eigenvalue weighted by Gasteiger charge is 2.19. The van der Waals surface area contributed by atoms with E-state index in [-0.39, 0.29) is 0 Å². The summed E-state index contributed by atoms with van der Waals surface area (Å²) in [4.78, 5) is 10.3. The van der Waals surface area contributed by atoms with Gasteiger partial charge in [0.2, 0.25) is 0 Å². The Morgan fingerprint density at radius 1 is 1.50 bits per heavy atom. The van der Waals surface area contributed by atoms with Crippen LogP contribution in [0.5, 0.6) is 0 Å². The smallest absolute Gasteiger partial charge is 0.172 e. The second-order valence-corrected chi connectivity index (χ2v) is 2.44. The normalized spacial score (nSPS) is 15.2. The van der Waals surface area contributed by atoms with Crippen molar-refractivity contribution in [3.8, 4) is 0 Å². The molecule has 0 aromatic carbocycles. The van der Waals surface area contributed by atoms with Gasteiger partial charge < -0.3 is 4.52 Å². The summed E-state index contributed by atoms with van der Waals surface area (Å²) in [6.07, 6.45) is 3.74. The molecule has 0 amide bonds. The van der Waals surface area contributed by atoms with E-state index >= 15 is 0 Å². The zero-order chi connectivity index (χ0) is 6.97. The van der Waals surface area contributed by atoms with Crippen LogP contribution in [-0.4, -0.2) is 11.4 Å². The average molecular weight is 137 g/mol. The lowest BCUT2D eigenvalue weighted by Crippen LogP contribution is -1.84. The van der Waals surface area contributed by atoms with E-state index in [1.165, 1.54) is 0 Å². The highest BCUT2D eigenvalue weighted by Crippen LogP contribution is 2.23. The first-order chi connectivity index (χ1) is 4.92. The van der Waals surface area contributed by atoms with Gasteiger partial charge in [0.1, 0.15) is 11.5 Å². The highest BCUT2D eigenvalue weighted by atomic mass is 16.5. The minimum Gasteiger partial charge on any atom is -0.360 e. The lowest BCUT2D eigenvalue weighted by molar-refractivity contribution is 0.111. The molecule has 0 saturated carbocycles. The zero-order valence-electron chi connectivity index (χ0n) is 5.46. The van der Waals surface area contributed by atoms with E-state index < -0.39 is 0 Å². The van der Waals surface area contributed by atoms with Gasteiger partial charge in [-0.3, -0.25) is 4.79 Å². The van der Waals surface area contributed by atoms with Gasteiger partial charge in [0, 0.05) is 12.0 Å². The highest BCUT2D eigenvalue weighted by molar-refractivity contribution is 5.74. The van der Waals surface area contributed by atoms with E-state index in [0.29, 0.717) is 5.69 Å². The summed E-state index contributed by atoms with van der Waals surface area (Å²) in [6, 6.07) is 0. The maximum absolute atomic E-state index is 10.3. The maximum Gasteiger partial charge on any atom is 0.172 e. The van der Waals surface area contributed by atoms with Gasteiger partial charge in [0.25, 0.3) is 0 Å². The third-order valence-corrected chi connectivity index (χ3v) is 1.84. The number of fused-ring (bicyclic) bond motifs is 1. The summed E-state index contributed by atoms with van der Waals surface area (Å²) in [5.74, 6) is 0.905. The monoisotopic (exact) mass is 137 g/mol. The van der Waals surface area contributed by atoms with Gasteiger partial charge in [0.15, 0.2) is 6.29 Å². The van der Waals surface area contributed by atoms with Crippen LogP contribution in [0.2, 0.25) is 0 Å². The summed E-state index contributed by atoms with van der Waals surface area (Å²) in [5, 5.41) is 3.61. The molecule has 0 N–H and O–H groups in total. The number of hydrogen-bond acceptors (Lipinski definition) is 3. The van der Waals surface area contributed by atoms with E-state index in [2.05, 4.69) is 5.16 Å². The summed E-state index contributed by atoms with van der Waals surface area (Å²) < 4.78 is 4.92. The summed E-state index contributed by atoms with van der Waals surface area (Å²) in [5.41, 5.74) is 1.52.